The minimum Gasteiger partial charge on any atom is -0.497 e. The zero-order valence-corrected chi connectivity index (χ0v) is 17.3. The molecule has 0 atom stereocenters. The fraction of sp³-hybridized carbons (Fsp3) is 0.217. The molecule has 0 aliphatic heterocycles. The molecule has 6 nitrogen and oxygen atoms in total. The fourth-order valence-electron chi connectivity index (χ4n) is 3.25. The Balaban J connectivity index is 1.82. The van der Waals surface area contributed by atoms with Gasteiger partial charge in [0.1, 0.15) is 11.5 Å². The molecule has 3 aromatic rings. The van der Waals surface area contributed by atoms with Gasteiger partial charge in [0.15, 0.2) is 0 Å². The zero-order valence-electron chi connectivity index (χ0n) is 17.3. The normalized spacial score (nSPS) is 10.4. The molecular weight excluding hydrogens is 366 g/mol. The number of aromatic nitrogens is 1. The monoisotopic (exact) mass is 391 g/mol. The van der Waals surface area contributed by atoms with Crippen LogP contribution in [0.2, 0.25) is 0 Å². The Morgan fingerprint density at radius 3 is 2.31 bits per heavy atom. The van der Waals surface area contributed by atoms with Crippen LogP contribution in [0.4, 0.5) is 17.1 Å². The van der Waals surface area contributed by atoms with Gasteiger partial charge in [-0.1, -0.05) is 17.7 Å². The van der Waals surface area contributed by atoms with Crippen LogP contribution >= 0.6 is 0 Å². The summed E-state index contributed by atoms with van der Waals surface area (Å²) in [7, 11) is 3.12. The van der Waals surface area contributed by atoms with Gasteiger partial charge in [0.2, 0.25) is 0 Å². The molecule has 1 heterocycles. The molecule has 0 unspecified atom stereocenters. The number of hydrogen-bond donors (Lipinski definition) is 2. The highest BCUT2D eigenvalue weighted by atomic mass is 16.5. The molecule has 1 amide bonds. The first-order valence-corrected chi connectivity index (χ1v) is 9.24. The number of nitrogens with zero attached hydrogens (tertiary/aromatic N) is 1. The Morgan fingerprint density at radius 1 is 0.931 bits per heavy atom. The van der Waals surface area contributed by atoms with E-state index in [2.05, 4.69) is 48.5 Å². The maximum atomic E-state index is 12.8. The van der Waals surface area contributed by atoms with Crippen molar-refractivity contribution in [2.24, 2.45) is 0 Å². The lowest BCUT2D eigenvalue weighted by atomic mass is 10.0. The van der Waals surface area contributed by atoms with E-state index in [1.54, 1.807) is 44.7 Å². The molecule has 3 rings (SSSR count). The van der Waals surface area contributed by atoms with Crippen LogP contribution in [-0.4, -0.2) is 25.1 Å². The number of aryl methyl sites for hydroxylation is 3. The largest absolute Gasteiger partial charge is 0.497 e. The van der Waals surface area contributed by atoms with E-state index in [-0.39, 0.29) is 5.91 Å². The minimum atomic E-state index is -0.276. The molecule has 0 spiro atoms. The molecule has 0 saturated carbocycles. The summed E-state index contributed by atoms with van der Waals surface area (Å²) < 4.78 is 10.5. The lowest BCUT2D eigenvalue weighted by Crippen LogP contribution is -2.13. The molecule has 6 heteroatoms. The first-order chi connectivity index (χ1) is 13.9. The van der Waals surface area contributed by atoms with E-state index < -0.39 is 0 Å². The summed E-state index contributed by atoms with van der Waals surface area (Å²) in [5.74, 6) is 0.893. The molecule has 0 aliphatic rings. The summed E-state index contributed by atoms with van der Waals surface area (Å²) in [5.41, 5.74) is 6.25. The van der Waals surface area contributed by atoms with Crippen molar-refractivity contribution in [3.63, 3.8) is 0 Å². The zero-order chi connectivity index (χ0) is 21.0. The summed E-state index contributed by atoms with van der Waals surface area (Å²) in [6.45, 7) is 6.19. The number of benzene rings is 2. The lowest BCUT2D eigenvalue weighted by Gasteiger charge is -2.15. The smallest absolute Gasteiger partial charge is 0.257 e. The number of nitrogens with one attached hydrogen (secondary N) is 2. The number of methoxy groups -OCH3 is 2. The quantitative estimate of drug-likeness (QED) is 0.617. The van der Waals surface area contributed by atoms with Crippen molar-refractivity contribution in [2.45, 2.75) is 20.8 Å². The number of rotatable bonds is 6. The molecule has 29 heavy (non-hydrogen) atoms. The molecule has 2 N–H and O–H groups in total. The van der Waals surface area contributed by atoms with Crippen molar-refractivity contribution < 1.29 is 14.3 Å². The van der Waals surface area contributed by atoms with E-state index in [0.717, 1.165) is 22.5 Å². The standard InChI is InChI=1S/C23H25N3O3/c1-14-8-15(2)22(16(3)9-14)25-18-10-17(12-24-13-18)23(27)26-20-7-6-19(28-4)11-21(20)29-5/h6-13,25H,1-5H3,(H,26,27). The molecule has 0 saturated heterocycles. The third kappa shape index (κ3) is 4.66. The average molecular weight is 391 g/mol. The second-order valence-electron chi connectivity index (χ2n) is 6.88. The van der Waals surface area contributed by atoms with Gasteiger partial charge < -0.3 is 20.1 Å². The summed E-state index contributed by atoms with van der Waals surface area (Å²) in [5, 5.41) is 6.24. The Bertz CT molecular complexity index is 1020. The number of carbonyl (C=O) groups excluding carboxylic acids is 1. The van der Waals surface area contributed by atoms with Crippen molar-refractivity contribution >= 4 is 23.0 Å². The van der Waals surface area contributed by atoms with E-state index in [1.165, 1.54) is 11.8 Å². The van der Waals surface area contributed by atoms with Gasteiger partial charge >= 0.3 is 0 Å². The van der Waals surface area contributed by atoms with E-state index in [9.17, 15) is 4.79 Å². The second-order valence-corrected chi connectivity index (χ2v) is 6.88. The number of hydrogen-bond acceptors (Lipinski definition) is 5. The van der Waals surface area contributed by atoms with Gasteiger partial charge in [-0.25, -0.2) is 0 Å². The molecular formula is C23H25N3O3. The van der Waals surface area contributed by atoms with Crippen LogP contribution in [0.5, 0.6) is 11.5 Å². The molecule has 0 fully saturated rings. The van der Waals surface area contributed by atoms with Crippen LogP contribution < -0.4 is 20.1 Å². The van der Waals surface area contributed by atoms with Gasteiger partial charge in [-0.2, -0.15) is 0 Å². The molecule has 2 aromatic carbocycles. The van der Waals surface area contributed by atoms with Gasteiger partial charge in [0.05, 0.1) is 37.4 Å². The predicted molar refractivity (Wildman–Crippen MR) is 116 cm³/mol. The molecule has 0 aliphatic carbocycles. The third-order valence-corrected chi connectivity index (χ3v) is 4.60. The summed E-state index contributed by atoms with van der Waals surface area (Å²) >= 11 is 0. The number of anilines is 3. The predicted octanol–water partition coefficient (Wildman–Crippen LogP) is 5.02. The number of ether oxygens (including phenoxy) is 2. The van der Waals surface area contributed by atoms with E-state index >= 15 is 0 Å². The first-order valence-electron chi connectivity index (χ1n) is 9.24. The Labute approximate surface area is 170 Å². The lowest BCUT2D eigenvalue weighted by molar-refractivity contribution is 0.102. The van der Waals surface area contributed by atoms with Gasteiger partial charge in [0.25, 0.3) is 5.91 Å². The van der Waals surface area contributed by atoms with Crippen molar-refractivity contribution in [3.8, 4) is 11.5 Å². The Hall–Kier alpha value is -3.54. The van der Waals surface area contributed by atoms with Crippen molar-refractivity contribution in [2.75, 3.05) is 24.9 Å². The fourth-order valence-corrected chi connectivity index (χ4v) is 3.25. The summed E-state index contributed by atoms with van der Waals surface area (Å²) in [6.07, 6.45) is 3.23. The summed E-state index contributed by atoms with van der Waals surface area (Å²) in [6, 6.07) is 11.2. The Kier molecular flexibility index (Phi) is 6.02. The van der Waals surface area contributed by atoms with Crippen molar-refractivity contribution in [1.82, 2.24) is 4.98 Å². The van der Waals surface area contributed by atoms with Gasteiger partial charge in [-0.05, 0) is 50.1 Å². The topological polar surface area (TPSA) is 72.5 Å². The molecule has 0 bridgehead atoms. The van der Waals surface area contributed by atoms with Crippen LogP contribution in [0.1, 0.15) is 27.0 Å². The number of pyridine rings is 1. The number of amides is 1. The van der Waals surface area contributed by atoms with Gasteiger partial charge in [0, 0.05) is 18.0 Å². The first kappa shape index (κ1) is 20.2. The van der Waals surface area contributed by atoms with Crippen LogP contribution in [0.15, 0.2) is 48.8 Å². The molecule has 1 aromatic heterocycles. The van der Waals surface area contributed by atoms with E-state index in [4.69, 9.17) is 9.47 Å². The SMILES string of the molecule is COc1ccc(NC(=O)c2cncc(Nc3c(C)cc(C)cc3C)c2)c(OC)c1. The van der Waals surface area contributed by atoms with E-state index in [0.29, 0.717) is 22.7 Å². The average Bonchev–Trinajstić information content (AvgIpc) is 2.71. The van der Waals surface area contributed by atoms with Crippen LogP contribution in [0.25, 0.3) is 0 Å². The highest BCUT2D eigenvalue weighted by molar-refractivity contribution is 6.05. The highest BCUT2D eigenvalue weighted by Gasteiger charge is 2.13. The van der Waals surface area contributed by atoms with E-state index in [1.807, 2.05) is 0 Å². The molecule has 0 radical (unpaired) electrons. The minimum absolute atomic E-state index is 0.276. The van der Waals surface area contributed by atoms with Crippen LogP contribution in [0.3, 0.4) is 0 Å². The van der Waals surface area contributed by atoms with Crippen molar-refractivity contribution in [1.29, 1.82) is 0 Å². The van der Waals surface area contributed by atoms with Crippen LogP contribution in [0, 0.1) is 20.8 Å². The number of carbonyl (C=O) groups is 1. The Morgan fingerprint density at radius 2 is 1.66 bits per heavy atom. The highest BCUT2D eigenvalue weighted by Crippen LogP contribution is 2.30. The maximum absolute atomic E-state index is 12.8. The van der Waals surface area contributed by atoms with Gasteiger partial charge in [-0.3, -0.25) is 9.78 Å². The maximum Gasteiger partial charge on any atom is 0.257 e. The third-order valence-electron chi connectivity index (χ3n) is 4.60. The van der Waals surface area contributed by atoms with Crippen LogP contribution in [-0.2, 0) is 0 Å². The van der Waals surface area contributed by atoms with Crippen molar-refractivity contribution in [3.05, 3.63) is 71.0 Å². The second kappa shape index (κ2) is 8.65. The summed E-state index contributed by atoms with van der Waals surface area (Å²) in [4.78, 5) is 17.0. The van der Waals surface area contributed by atoms with Gasteiger partial charge in [-0.15, -0.1) is 0 Å². The molecule has 150 valence electrons.